The summed E-state index contributed by atoms with van der Waals surface area (Å²) < 4.78 is 1.67. The average Bonchev–Trinajstić information content (AvgIpc) is 2.43. The summed E-state index contributed by atoms with van der Waals surface area (Å²) in [6.07, 6.45) is 0. The SMILES string of the molecule is Cc1ccc(C(=O)Nc2ccc(Br)cc2C#N)cc1Br. The van der Waals surface area contributed by atoms with Gasteiger partial charge in [-0.25, -0.2) is 0 Å². The number of nitriles is 1. The van der Waals surface area contributed by atoms with Crippen molar-refractivity contribution >= 4 is 43.5 Å². The number of nitrogens with zero attached hydrogens (tertiary/aromatic N) is 1. The third-order valence-electron chi connectivity index (χ3n) is 2.78. The predicted molar refractivity (Wildman–Crippen MR) is 85.7 cm³/mol. The standard InChI is InChI=1S/C15H10Br2N2O/c1-9-2-3-10(7-13(9)17)15(20)19-14-5-4-12(16)6-11(14)8-18/h2-7H,1H3,(H,19,20). The number of hydrogen-bond acceptors (Lipinski definition) is 2. The minimum Gasteiger partial charge on any atom is -0.321 e. The van der Waals surface area contributed by atoms with Gasteiger partial charge >= 0.3 is 0 Å². The molecular weight excluding hydrogens is 384 g/mol. The van der Waals surface area contributed by atoms with E-state index in [0.717, 1.165) is 14.5 Å². The van der Waals surface area contributed by atoms with Gasteiger partial charge in [-0.05, 0) is 42.8 Å². The molecule has 0 spiro atoms. The monoisotopic (exact) mass is 392 g/mol. The van der Waals surface area contributed by atoms with Crippen LogP contribution in [-0.4, -0.2) is 5.91 Å². The zero-order valence-electron chi connectivity index (χ0n) is 10.6. The number of amides is 1. The summed E-state index contributed by atoms with van der Waals surface area (Å²) in [7, 11) is 0. The van der Waals surface area contributed by atoms with E-state index in [4.69, 9.17) is 5.26 Å². The van der Waals surface area contributed by atoms with Crippen LogP contribution in [0.4, 0.5) is 5.69 Å². The van der Waals surface area contributed by atoms with E-state index in [0.29, 0.717) is 16.8 Å². The molecule has 2 rings (SSSR count). The molecule has 3 nitrogen and oxygen atoms in total. The largest absolute Gasteiger partial charge is 0.321 e. The molecular formula is C15H10Br2N2O. The number of benzene rings is 2. The number of nitrogens with one attached hydrogen (secondary N) is 1. The van der Waals surface area contributed by atoms with Gasteiger partial charge in [0.25, 0.3) is 5.91 Å². The van der Waals surface area contributed by atoms with Crippen LogP contribution in [0.3, 0.4) is 0 Å². The highest BCUT2D eigenvalue weighted by Crippen LogP contribution is 2.22. The van der Waals surface area contributed by atoms with Gasteiger partial charge in [-0.1, -0.05) is 37.9 Å². The first-order chi connectivity index (χ1) is 9.51. The number of carbonyl (C=O) groups is 1. The first kappa shape index (κ1) is 14.8. The first-order valence-corrected chi connectivity index (χ1v) is 7.37. The lowest BCUT2D eigenvalue weighted by atomic mass is 10.1. The van der Waals surface area contributed by atoms with Crippen LogP contribution < -0.4 is 5.32 Å². The van der Waals surface area contributed by atoms with Crippen molar-refractivity contribution in [2.24, 2.45) is 0 Å². The Hall–Kier alpha value is -1.64. The normalized spacial score (nSPS) is 9.90. The molecule has 0 aromatic heterocycles. The average molecular weight is 394 g/mol. The molecule has 5 heteroatoms. The molecule has 2 aromatic carbocycles. The fourth-order valence-electron chi connectivity index (χ4n) is 1.65. The maximum atomic E-state index is 12.2. The van der Waals surface area contributed by atoms with Crippen molar-refractivity contribution in [1.29, 1.82) is 5.26 Å². The van der Waals surface area contributed by atoms with Crippen molar-refractivity contribution in [3.8, 4) is 6.07 Å². The van der Waals surface area contributed by atoms with E-state index in [1.807, 2.05) is 13.0 Å². The second kappa shape index (κ2) is 6.21. The Morgan fingerprint density at radius 1 is 1.20 bits per heavy atom. The van der Waals surface area contributed by atoms with Gasteiger partial charge in [0.2, 0.25) is 0 Å². The lowest BCUT2D eigenvalue weighted by molar-refractivity contribution is 0.102. The minimum atomic E-state index is -0.246. The molecule has 0 heterocycles. The Balaban J connectivity index is 2.28. The van der Waals surface area contributed by atoms with Crippen LogP contribution in [0.25, 0.3) is 0 Å². The van der Waals surface area contributed by atoms with Gasteiger partial charge in [0.05, 0.1) is 11.3 Å². The third kappa shape index (κ3) is 3.27. The Morgan fingerprint density at radius 2 is 1.95 bits per heavy atom. The van der Waals surface area contributed by atoms with Crippen LogP contribution in [0.15, 0.2) is 45.3 Å². The molecule has 100 valence electrons. The molecule has 0 aliphatic heterocycles. The summed E-state index contributed by atoms with van der Waals surface area (Å²) >= 11 is 6.69. The van der Waals surface area contributed by atoms with Crippen molar-refractivity contribution in [2.75, 3.05) is 5.32 Å². The number of anilines is 1. The third-order valence-corrected chi connectivity index (χ3v) is 4.13. The van der Waals surface area contributed by atoms with E-state index < -0.39 is 0 Å². The Morgan fingerprint density at radius 3 is 2.60 bits per heavy atom. The molecule has 0 radical (unpaired) electrons. The highest BCUT2D eigenvalue weighted by atomic mass is 79.9. The lowest BCUT2D eigenvalue weighted by Crippen LogP contribution is -2.13. The maximum Gasteiger partial charge on any atom is 0.255 e. The van der Waals surface area contributed by atoms with Crippen molar-refractivity contribution in [1.82, 2.24) is 0 Å². The smallest absolute Gasteiger partial charge is 0.255 e. The van der Waals surface area contributed by atoms with Gasteiger partial charge in [-0.2, -0.15) is 5.26 Å². The quantitative estimate of drug-likeness (QED) is 0.807. The van der Waals surface area contributed by atoms with Gasteiger partial charge in [0.15, 0.2) is 0 Å². The summed E-state index contributed by atoms with van der Waals surface area (Å²) in [5.74, 6) is -0.246. The molecule has 1 amide bonds. The second-order valence-electron chi connectivity index (χ2n) is 4.22. The summed E-state index contributed by atoms with van der Waals surface area (Å²) in [5, 5.41) is 11.8. The first-order valence-electron chi connectivity index (χ1n) is 5.78. The van der Waals surface area contributed by atoms with E-state index in [1.165, 1.54) is 0 Å². The van der Waals surface area contributed by atoms with Crippen LogP contribution in [0.5, 0.6) is 0 Å². The molecule has 0 fully saturated rings. The van der Waals surface area contributed by atoms with Crippen molar-refractivity contribution in [3.05, 3.63) is 62.0 Å². The molecule has 0 saturated heterocycles. The fraction of sp³-hybridized carbons (Fsp3) is 0.0667. The highest BCUT2D eigenvalue weighted by Gasteiger charge is 2.10. The van der Waals surface area contributed by atoms with E-state index in [-0.39, 0.29) is 5.91 Å². The summed E-state index contributed by atoms with van der Waals surface area (Å²) in [6.45, 7) is 1.95. The van der Waals surface area contributed by atoms with Gasteiger partial charge in [-0.15, -0.1) is 0 Å². The molecule has 0 saturated carbocycles. The summed E-state index contributed by atoms with van der Waals surface area (Å²) in [6, 6.07) is 12.6. The summed E-state index contributed by atoms with van der Waals surface area (Å²) in [5.41, 5.74) is 2.51. The van der Waals surface area contributed by atoms with Crippen molar-refractivity contribution in [2.45, 2.75) is 6.92 Å². The van der Waals surface area contributed by atoms with Gasteiger partial charge in [-0.3, -0.25) is 4.79 Å². The Kier molecular flexibility index (Phi) is 4.58. The van der Waals surface area contributed by atoms with Crippen molar-refractivity contribution in [3.63, 3.8) is 0 Å². The number of carbonyl (C=O) groups excluding carboxylic acids is 1. The lowest BCUT2D eigenvalue weighted by Gasteiger charge is -2.08. The number of aryl methyl sites for hydroxylation is 1. The second-order valence-corrected chi connectivity index (χ2v) is 5.99. The van der Waals surface area contributed by atoms with Crippen LogP contribution in [0.2, 0.25) is 0 Å². The Bertz CT molecular complexity index is 720. The van der Waals surface area contributed by atoms with Crippen LogP contribution in [-0.2, 0) is 0 Å². The zero-order valence-corrected chi connectivity index (χ0v) is 13.7. The molecule has 0 bridgehead atoms. The molecule has 0 aliphatic carbocycles. The molecule has 0 aliphatic rings. The Labute approximate surface area is 133 Å². The minimum absolute atomic E-state index is 0.246. The van der Waals surface area contributed by atoms with Gasteiger partial charge in [0, 0.05) is 14.5 Å². The number of hydrogen-bond donors (Lipinski definition) is 1. The van der Waals surface area contributed by atoms with Gasteiger partial charge in [0.1, 0.15) is 6.07 Å². The predicted octanol–water partition coefficient (Wildman–Crippen LogP) is 4.64. The van der Waals surface area contributed by atoms with E-state index in [1.54, 1.807) is 30.3 Å². The fourth-order valence-corrected chi connectivity index (χ4v) is 2.39. The van der Waals surface area contributed by atoms with Gasteiger partial charge < -0.3 is 5.32 Å². The number of rotatable bonds is 2. The molecule has 1 N–H and O–H groups in total. The van der Waals surface area contributed by atoms with Crippen LogP contribution in [0.1, 0.15) is 21.5 Å². The van der Waals surface area contributed by atoms with Crippen LogP contribution in [0, 0.1) is 18.3 Å². The molecule has 0 unspecified atom stereocenters. The topological polar surface area (TPSA) is 52.9 Å². The maximum absolute atomic E-state index is 12.2. The molecule has 0 atom stereocenters. The van der Waals surface area contributed by atoms with Crippen molar-refractivity contribution < 1.29 is 4.79 Å². The zero-order chi connectivity index (χ0) is 14.7. The summed E-state index contributed by atoms with van der Waals surface area (Å²) in [4.78, 5) is 12.2. The van der Waals surface area contributed by atoms with Crippen LogP contribution >= 0.6 is 31.9 Å². The highest BCUT2D eigenvalue weighted by molar-refractivity contribution is 9.10. The molecule has 2 aromatic rings. The van der Waals surface area contributed by atoms with E-state index in [9.17, 15) is 4.79 Å². The number of halogens is 2. The van der Waals surface area contributed by atoms with E-state index >= 15 is 0 Å². The van der Waals surface area contributed by atoms with E-state index in [2.05, 4.69) is 43.2 Å². The molecule has 20 heavy (non-hydrogen) atoms.